The number of aryl methyl sites for hydroxylation is 1. The Morgan fingerprint density at radius 3 is 2.35 bits per heavy atom. The van der Waals surface area contributed by atoms with Crippen LogP contribution in [0.2, 0.25) is 0 Å². The van der Waals surface area contributed by atoms with Crippen molar-refractivity contribution in [3.05, 3.63) is 23.8 Å². The van der Waals surface area contributed by atoms with Crippen LogP contribution in [0.15, 0.2) is 23.1 Å². The van der Waals surface area contributed by atoms with Crippen LogP contribution in [0.3, 0.4) is 0 Å². The molecule has 0 bridgehead atoms. The summed E-state index contributed by atoms with van der Waals surface area (Å²) >= 11 is 0. The monoisotopic (exact) mass is 298 g/mol. The minimum absolute atomic E-state index is 0.0329. The van der Waals surface area contributed by atoms with Gasteiger partial charge in [0.1, 0.15) is 5.25 Å². The number of benzene rings is 1. The lowest BCUT2D eigenvalue weighted by molar-refractivity contribution is -0.130. The molecule has 0 fully saturated rings. The van der Waals surface area contributed by atoms with E-state index in [4.69, 9.17) is 5.73 Å². The lowest BCUT2D eigenvalue weighted by Gasteiger charge is -2.23. The second-order valence-corrected chi connectivity index (χ2v) is 6.92. The number of nitrogen functional groups attached to an aromatic ring is 1. The van der Waals surface area contributed by atoms with E-state index in [-0.39, 0.29) is 10.6 Å². The molecule has 0 aliphatic carbocycles. The van der Waals surface area contributed by atoms with Gasteiger partial charge in [0, 0.05) is 13.1 Å². The van der Waals surface area contributed by atoms with Crippen molar-refractivity contribution in [1.82, 2.24) is 4.90 Å². The Bertz CT molecular complexity index is 592. The predicted octanol–water partition coefficient (Wildman–Crippen LogP) is 1.61. The molecule has 1 amide bonds. The Kier molecular flexibility index (Phi) is 5.16. The molecule has 0 radical (unpaired) electrons. The molecule has 0 aliphatic rings. The Balaban J connectivity index is 3.23. The van der Waals surface area contributed by atoms with E-state index in [9.17, 15) is 13.2 Å². The maximum absolute atomic E-state index is 12.6. The normalized spacial score (nSPS) is 13.0. The van der Waals surface area contributed by atoms with Crippen LogP contribution in [-0.2, 0) is 14.6 Å². The summed E-state index contributed by atoms with van der Waals surface area (Å²) in [4.78, 5) is 13.8. The summed E-state index contributed by atoms with van der Waals surface area (Å²) < 4.78 is 25.1. The first kappa shape index (κ1) is 16.5. The summed E-state index contributed by atoms with van der Waals surface area (Å²) in [5.41, 5.74) is 6.75. The molecule has 20 heavy (non-hydrogen) atoms. The number of para-hydroxylation sites is 1. The van der Waals surface area contributed by atoms with Gasteiger partial charge in [-0.1, -0.05) is 12.1 Å². The molecule has 0 aromatic heterocycles. The van der Waals surface area contributed by atoms with Crippen molar-refractivity contribution in [3.63, 3.8) is 0 Å². The van der Waals surface area contributed by atoms with E-state index in [0.717, 1.165) is 0 Å². The summed E-state index contributed by atoms with van der Waals surface area (Å²) in [5.74, 6) is -0.393. The Hall–Kier alpha value is -1.56. The number of carbonyl (C=O) groups excluding carboxylic acids is 1. The van der Waals surface area contributed by atoms with E-state index < -0.39 is 21.0 Å². The molecule has 5 nitrogen and oxygen atoms in total. The zero-order valence-electron chi connectivity index (χ0n) is 12.4. The van der Waals surface area contributed by atoms with Crippen LogP contribution in [0.5, 0.6) is 0 Å². The van der Waals surface area contributed by atoms with E-state index in [1.54, 1.807) is 19.1 Å². The van der Waals surface area contributed by atoms with Gasteiger partial charge in [-0.2, -0.15) is 0 Å². The third-order valence-corrected chi connectivity index (χ3v) is 5.58. The maximum atomic E-state index is 12.6. The molecule has 0 saturated heterocycles. The molecule has 2 N–H and O–H groups in total. The third kappa shape index (κ3) is 2.95. The zero-order valence-corrected chi connectivity index (χ0v) is 13.2. The summed E-state index contributed by atoms with van der Waals surface area (Å²) in [7, 11) is -3.77. The fourth-order valence-corrected chi connectivity index (χ4v) is 3.55. The van der Waals surface area contributed by atoms with Crippen molar-refractivity contribution >= 4 is 21.4 Å². The van der Waals surface area contributed by atoms with Gasteiger partial charge in [-0.25, -0.2) is 8.42 Å². The first-order valence-corrected chi connectivity index (χ1v) is 8.19. The van der Waals surface area contributed by atoms with Gasteiger partial charge in [0.15, 0.2) is 9.84 Å². The van der Waals surface area contributed by atoms with Crippen molar-refractivity contribution in [2.45, 2.75) is 37.8 Å². The maximum Gasteiger partial charge on any atom is 0.240 e. The molecule has 1 rings (SSSR count). The van der Waals surface area contributed by atoms with Crippen LogP contribution in [-0.4, -0.2) is 37.6 Å². The molecule has 1 aromatic rings. The van der Waals surface area contributed by atoms with Crippen molar-refractivity contribution in [2.75, 3.05) is 18.8 Å². The molecule has 0 aliphatic heterocycles. The van der Waals surface area contributed by atoms with Crippen LogP contribution in [0, 0.1) is 6.92 Å². The molecular weight excluding hydrogens is 276 g/mol. The number of rotatable bonds is 5. The van der Waals surface area contributed by atoms with Crippen LogP contribution < -0.4 is 5.73 Å². The highest BCUT2D eigenvalue weighted by Crippen LogP contribution is 2.26. The van der Waals surface area contributed by atoms with Gasteiger partial charge >= 0.3 is 0 Å². The summed E-state index contributed by atoms with van der Waals surface area (Å²) in [6.07, 6.45) is 0. The van der Waals surface area contributed by atoms with Gasteiger partial charge in [-0.15, -0.1) is 0 Å². The number of sulfone groups is 1. The fraction of sp³-hybridized carbons (Fsp3) is 0.500. The zero-order chi connectivity index (χ0) is 15.5. The smallest absolute Gasteiger partial charge is 0.240 e. The van der Waals surface area contributed by atoms with E-state index >= 15 is 0 Å². The van der Waals surface area contributed by atoms with Gasteiger partial charge in [-0.3, -0.25) is 4.79 Å². The first-order chi connectivity index (χ1) is 9.27. The van der Waals surface area contributed by atoms with E-state index in [0.29, 0.717) is 18.7 Å². The van der Waals surface area contributed by atoms with E-state index in [1.165, 1.54) is 17.9 Å². The van der Waals surface area contributed by atoms with Crippen LogP contribution >= 0.6 is 0 Å². The second-order valence-electron chi connectivity index (χ2n) is 4.68. The van der Waals surface area contributed by atoms with Crippen molar-refractivity contribution in [3.8, 4) is 0 Å². The number of nitrogens with zero attached hydrogens (tertiary/aromatic N) is 1. The Morgan fingerprint density at radius 1 is 1.30 bits per heavy atom. The first-order valence-electron chi connectivity index (χ1n) is 6.65. The minimum atomic E-state index is -3.77. The van der Waals surface area contributed by atoms with Crippen LogP contribution in [0.4, 0.5) is 5.69 Å². The van der Waals surface area contributed by atoms with Crippen molar-refractivity contribution in [1.29, 1.82) is 0 Å². The molecule has 0 saturated carbocycles. The number of amides is 1. The number of carbonyl (C=O) groups is 1. The van der Waals surface area contributed by atoms with Crippen molar-refractivity contribution in [2.24, 2.45) is 0 Å². The lowest BCUT2D eigenvalue weighted by atomic mass is 10.2. The number of nitrogens with two attached hydrogens (primary N) is 1. The molecule has 1 unspecified atom stereocenters. The second kappa shape index (κ2) is 6.26. The SMILES string of the molecule is CCN(CC)C(=O)C(C)S(=O)(=O)c1cccc(C)c1N. The van der Waals surface area contributed by atoms with Crippen LogP contribution in [0.25, 0.3) is 0 Å². The predicted molar refractivity (Wildman–Crippen MR) is 80.2 cm³/mol. The van der Waals surface area contributed by atoms with Gasteiger partial charge in [0.25, 0.3) is 0 Å². The van der Waals surface area contributed by atoms with Gasteiger partial charge in [-0.05, 0) is 39.3 Å². The van der Waals surface area contributed by atoms with Gasteiger partial charge in [0.2, 0.25) is 5.91 Å². The molecule has 1 aromatic carbocycles. The molecule has 112 valence electrons. The summed E-state index contributed by atoms with van der Waals surface area (Å²) in [6, 6.07) is 4.82. The largest absolute Gasteiger partial charge is 0.397 e. The average molecular weight is 298 g/mol. The molecule has 6 heteroatoms. The molecule has 1 atom stereocenters. The van der Waals surface area contributed by atoms with E-state index in [1.807, 2.05) is 13.8 Å². The highest BCUT2D eigenvalue weighted by atomic mass is 32.2. The Morgan fingerprint density at radius 2 is 1.85 bits per heavy atom. The quantitative estimate of drug-likeness (QED) is 0.837. The summed E-state index contributed by atoms with van der Waals surface area (Å²) in [5, 5.41) is -1.13. The fourth-order valence-electron chi connectivity index (χ4n) is 2.02. The van der Waals surface area contributed by atoms with E-state index in [2.05, 4.69) is 0 Å². The highest BCUT2D eigenvalue weighted by Gasteiger charge is 2.33. The van der Waals surface area contributed by atoms with Crippen molar-refractivity contribution < 1.29 is 13.2 Å². The summed E-state index contributed by atoms with van der Waals surface area (Å²) in [6.45, 7) is 7.77. The van der Waals surface area contributed by atoms with Gasteiger partial charge in [0.05, 0.1) is 10.6 Å². The average Bonchev–Trinajstić information content (AvgIpc) is 2.41. The standard InChI is InChI=1S/C14H22N2O3S/c1-5-16(6-2)14(17)11(4)20(18,19)12-9-7-8-10(3)13(12)15/h7-9,11H,5-6,15H2,1-4H3. The number of anilines is 1. The number of hydrogen-bond donors (Lipinski definition) is 1. The molecular formula is C14H22N2O3S. The Labute approximate surface area is 120 Å². The minimum Gasteiger partial charge on any atom is -0.397 e. The molecule has 0 heterocycles. The lowest BCUT2D eigenvalue weighted by Crippen LogP contribution is -2.41. The third-order valence-electron chi connectivity index (χ3n) is 3.48. The van der Waals surface area contributed by atoms with Gasteiger partial charge < -0.3 is 10.6 Å². The topological polar surface area (TPSA) is 80.5 Å². The molecule has 0 spiro atoms. The number of hydrogen-bond acceptors (Lipinski definition) is 4. The highest BCUT2D eigenvalue weighted by molar-refractivity contribution is 7.93. The van der Waals surface area contributed by atoms with Crippen LogP contribution in [0.1, 0.15) is 26.3 Å².